The van der Waals surface area contributed by atoms with Gasteiger partial charge in [0.25, 0.3) is 5.88 Å². The summed E-state index contributed by atoms with van der Waals surface area (Å²) in [5, 5.41) is 8.44. The van der Waals surface area contributed by atoms with Gasteiger partial charge in [-0.2, -0.15) is 0 Å². The third-order valence-corrected chi connectivity index (χ3v) is 3.04. The number of hydrogen-bond donors (Lipinski definition) is 1. The molecule has 0 atom stereocenters. The number of anilines is 1. The number of fused-ring (bicyclic) bond motifs is 2. The number of nitrogens with zero attached hydrogens (tertiary/aromatic N) is 4. The number of hydrogen-bond acceptors (Lipinski definition) is 7. The summed E-state index contributed by atoms with van der Waals surface area (Å²) in [6.45, 7) is 1.94. The van der Waals surface area contributed by atoms with E-state index in [0.29, 0.717) is 21.9 Å². The molecule has 0 unspecified atom stereocenters. The number of carbonyl (C=O) groups excluding carboxylic acids is 1. The second-order valence-corrected chi connectivity index (χ2v) is 4.80. The van der Waals surface area contributed by atoms with Crippen molar-refractivity contribution in [2.24, 2.45) is 5.10 Å². The number of amides is 1. The molecule has 1 amide bonds. The van der Waals surface area contributed by atoms with Gasteiger partial charge in [0.1, 0.15) is 0 Å². The topological polar surface area (TPSA) is 88.9 Å². The van der Waals surface area contributed by atoms with Gasteiger partial charge in [-0.15, -0.1) is 5.10 Å². The predicted octanol–water partition coefficient (Wildman–Crippen LogP) is 2.13. The van der Waals surface area contributed by atoms with Crippen molar-refractivity contribution in [3.8, 4) is 5.88 Å². The number of halogens is 1. The molecule has 1 aromatic heterocycles. The standard InChI is InChI=1S/C13H12ClN5O3/c1-3-21-13(20)17-12-18-19(2)10-11(22-12)16-9-6-7(14)4-5-8(9)15-10/h4-6H,3H2,1-2H3,(H,17,18,20). The molecule has 3 rings (SSSR count). The van der Waals surface area contributed by atoms with E-state index in [1.807, 2.05) is 0 Å². The van der Waals surface area contributed by atoms with Crippen LogP contribution in [0.4, 0.5) is 10.6 Å². The lowest BCUT2D eigenvalue weighted by atomic mass is 10.3. The van der Waals surface area contributed by atoms with Gasteiger partial charge in [0.05, 0.1) is 17.6 Å². The molecule has 2 heterocycles. The van der Waals surface area contributed by atoms with Gasteiger partial charge in [0, 0.05) is 12.1 Å². The molecule has 0 radical (unpaired) electrons. The molecule has 1 aliphatic heterocycles. The van der Waals surface area contributed by atoms with Crippen LogP contribution >= 0.6 is 11.6 Å². The van der Waals surface area contributed by atoms with Crippen LogP contribution in [0.1, 0.15) is 6.92 Å². The van der Waals surface area contributed by atoms with Crippen LogP contribution < -0.4 is 15.1 Å². The molecule has 9 heteroatoms. The fourth-order valence-corrected chi connectivity index (χ4v) is 2.05. The van der Waals surface area contributed by atoms with Crippen LogP contribution in [-0.2, 0) is 4.74 Å². The van der Waals surface area contributed by atoms with E-state index in [1.54, 1.807) is 32.2 Å². The van der Waals surface area contributed by atoms with Gasteiger partial charge in [0.15, 0.2) is 0 Å². The van der Waals surface area contributed by atoms with Crippen LogP contribution in [0.2, 0.25) is 5.02 Å². The van der Waals surface area contributed by atoms with Crippen molar-refractivity contribution >= 4 is 40.6 Å². The number of rotatable bonds is 1. The lowest BCUT2D eigenvalue weighted by Gasteiger charge is -2.22. The Kier molecular flexibility index (Phi) is 3.68. The summed E-state index contributed by atoms with van der Waals surface area (Å²) >= 11 is 5.95. The summed E-state index contributed by atoms with van der Waals surface area (Å²) < 4.78 is 10.2. The minimum atomic E-state index is -0.658. The van der Waals surface area contributed by atoms with E-state index in [4.69, 9.17) is 21.1 Å². The SMILES string of the molecule is CCOC(=O)NC1=NN(C)c2nc3ccc(Cl)cc3nc2O1. The van der Waals surface area contributed by atoms with Crippen molar-refractivity contribution in [2.45, 2.75) is 6.92 Å². The van der Waals surface area contributed by atoms with Gasteiger partial charge in [-0.25, -0.2) is 25.1 Å². The van der Waals surface area contributed by atoms with E-state index < -0.39 is 6.09 Å². The van der Waals surface area contributed by atoms with E-state index in [-0.39, 0.29) is 18.5 Å². The molecule has 0 fully saturated rings. The quantitative estimate of drug-likeness (QED) is 0.865. The molecule has 22 heavy (non-hydrogen) atoms. The Balaban J connectivity index is 1.93. The molecule has 1 N–H and O–H groups in total. The highest BCUT2D eigenvalue weighted by Gasteiger charge is 2.23. The first-order valence-electron chi connectivity index (χ1n) is 6.48. The molecular weight excluding hydrogens is 310 g/mol. The van der Waals surface area contributed by atoms with Gasteiger partial charge < -0.3 is 9.47 Å². The third kappa shape index (κ3) is 2.73. The van der Waals surface area contributed by atoms with E-state index in [9.17, 15) is 4.79 Å². The molecule has 8 nitrogen and oxygen atoms in total. The molecule has 0 aliphatic carbocycles. The highest BCUT2D eigenvalue weighted by Crippen LogP contribution is 2.29. The summed E-state index contributed by atoms with van der Waals surface area (Å²) in [4.78, 5) is 20.2. The fraction of sp³-hybridized carbons (Fsp3) is 0.231. The fourth-order valence-electron chi connectivity index (χ4n) is 1.88. The maximum absolute atomic E-state index is 11.4. The van der Waals surface area contributed by atoms with Crippen molar-refractivity contribution in [3.63, 3.8) is 0 Å². The van der Waals surface area contributed by atoms with E-state index in [2.05, 4.69) is 20.4 Å². The smallest absolute Gasteiger partial charge is 0.415 e. The minimum absolute atomic E-state index is 0.0378. The summed E-state index contributed by atoms with van der Waals surface area (Å²) in [5.74, 6) is 0.656. The Morgan fingerprint density at radius 2 is 2.23 bits per heavy atom. The second-order valence-electron chi connectivity index (χ2n) is 4.36. The van der Waals surface area contributed by atoms with Gasteiger partial charge in [-0.1, -0.05) is 11.6 Å². The van der Waals surface area contributed by atoms with Crippen molar-refractivity contribution in [2.75, 3.05) is 18.7 Å². The minimum Gasteiger partial charge on any atom is -0.450 e. The highest BCUT2D eigenvalue weighted by atomic mass is 35.5. The maximum atomic E-state index is 11.4. The van der Waals surface area contributed by atoms with Crippen molar-refractivity contribution in [1.82, 2.24) is 15.3 Å². The Hall–Kier alpha value is -2.61. The molecular formula is C13H12ClN5O3. The maximum Gasteiger partial charge on any atom is 0.415 e. The molecule has 114 valence electrons. The van der Waals surface area contributed by atoms with Gasteiger partial charge in [-0.3, -0.25) is 0 Å². The van der Waals surface area contributed by atoms with Crippen LogP contribution in [0.25, 0.3) is 11.0 Å². The lowest BCUT2D eigenvalue weighted by molar-refractivity contribution is 0.156. The summed E-state index contributed by atoms with van der Waals surface area (Å²) in [6, 6.07) is 5.13. The average Bonchev–Trinajstić information content (AvgIpc) is 2.45. The zero-order chi connectivity index (χ0) is 15.7. The summed E-state index contributed by atoms with van der Waals surface area (Å²) in [5.41, 5.74) is 1.24. The number of carbonyl (C=O) groups is 1. The number of alkyl carbamates (subject to hydrolysis) is 1. The average molecular weight is 322 g/mol. The first-order chi connectivity index (χ1) is 10.6. The molecule has 0 spiro atoms. The Bertz CT molecular complexity index is 780. The highest BCUT2D eigenvalue weighted by molar-refractivity contribution is 6.31. The number of amidine groups is 1. The van der Waals surface area contributed by atoms with E-state index in [0.717, 1.165) is 0 Å². The molecule has 0 bridgehead atoms. The van der Waals surface area contributed by atoms with E-state index in [1.165, 1.54) is 5.01 Å². The van der Waals surface area contributed by atoms with Crippen LogP contribution in [0.5, 0.6) is 5.88 Å². The number of aromatic nitrogens is 2. The van der Waals surface area contributed by atoms with Crippen LogP contribution in [0, 0.1) is 0 Å². The first-order valence-corrected chi connectivity index (χ1v) is 6.86. The second kappa shape index (κ2) is 5.64. The van der Waals surface area contributed by atoms with Gasteiger partial charge in [-0.05, 0) is 25.1 Å². The Labute approximate surface area is 130 Å². The van der Waals surface area contributed by atoms with Crippen LogP contribution in [-0.4, -0.2) is 35.7 Å². The first kappa shape index (κ1) is 14.3. The van der Waals surface area contributed by atoms with Crippen LogP contribution in [0.3, 0.4) is 0 Å². The molecule has 2 aromatic rings. The third-order valence-electron chi connectivity index (χ3n) is 2.80. The molecule has 0 saturated carbocycles. The van der Waals surface area contributed by atoms with Crippen molar-refractivity contribution in [3.05, 3.63) is 23.2 Å². The number of benzene rings is 1. The van der Waals surface area contributed by atoms with Crippen molar-refractivity contribution in [1.29, 1.82) is 0 Å². The zero-order valence-corrected chi connectivity index (χ0v) is 12.6. The van der Waals surface area contributed by atoms with Gasteiger partial charge >= 0.3 is 12.1 Å². The van der Waals surface area contributed by atoms with E-state index >= 15 is 0 Å². The molecule has 0 saturated heterocycles. The monoisotopic (exact) mass is 321 g/mol. The van der Waals surface area contributed by atoms with Crippen molar-refractivity contribution < 1.29 is 14.3 Å². The lowest BCUT2D eigenvalue weighted by Crippen LogP contribution is -2.39. The Morgan fingerprint density at radius 3 is 3.00 bits per heavy atom. The number of hydrazone groups is 1. The zero-order valence-electron chi connectivity index (χ0n) is 11.8. The number of nitrogens with one attached hydrogen (secondary N) is 1. The summed E-state index contributed by atoms with van der Waals surface area (Å²) in [7, 11) is 1.67. The summed E-state index contributed by atoms with van der Waals surface area (Å²) in [6.07, 6.45) is -0.658. The largest absolute Gasteiger partial charge is 0.450 e. The molecule has 1 aliphatic rings. The molecule has 1 aromatic carbocycles. The van der Waals surface area contributed by atoms with Gasteiger partial charge in [0.2, 0.25) is 5.82 Å². The Morgan fingerprint density at radius 1 is 1.41 bits per heavy atom. The van der Waals surface area contributed by atoms with Crippen LogP contribution in [0.15, 0.2) is 23.3 Å². The number of ether oxygens (including phenoxy) is 2. The predicted molar refractivity (Wildman–Crippen MR) is 81.2 cm³/mol. The normalized spacial score (nSPS) is 13.2.